The van der Waals surface area contributed by atoms with Crippen molar-refractivity contribution in [2.45, 2.75) is 64.1 Å². The van der Waals surface area contributed by atoms with Gasteiger partial charge in [0.2, 0.25) is 0 Å². The quantitative estimate of drug-likeness (QED) is 0.882. The Hall–Kier alpha value is -1.09. The predicted octanol–water partition coefficient (Wildman–Crippen LogP) is 3.29. The van der Waals surface area contributed by atoms with Crippen LogP contribution in [0.5, 0.6) is 5.75 Å². The number of pyridine rings is 1. The topological polar surface area (TPSA) is 34.1 Å². The molecule has 2 aliphatic carbocycles. The van der Waals surface area contributed by atoms with Crippen molar-refractivity contribution >= 4 is 0 Å². The van der Waals surface area contributed by atoms with Crippen LogP contribution in [0, 0.1) is 5.92 Å². The molecule has 2 aliphatic rings. The molecule has 3 rings (SSSR count). The lowest BCUT2D eigenvalue weighted by atomic mass is 9.89. The first kappa shape index (κ1) is 12.9. The lowest BCUT2D eigenvalue weighted by Crippen LogP contribution is -2.23. The lowest BCUT2D eigenvalue weighted by Gasteiger charge is -2.26. The molecule has 0 radical (unpaired) electrons. The first-order chi connectivity index (χ1) is 9.29. The molecule has 0 atom stereocenters. The van der Waals surface area contributed by atoms with Gasteiger partial charge in [-0.15, -0.1) is 0 Å². The van der Waals surface area contributed by atoms with Gasteiger partial charge in [-0.1, -0.05) is 6.92 Å². The van der Waals surface area contributed by atoms with Crippen molar-refractivity contribution in [1.82, 2.24) is 10.3 Å². The number of aromatic nitrogens is 1. The number of hydrogen-bond acceptors (Lipinski definition) is 3. The van der Waals surface area contributed by atoms with Gasteiger partial charge in [0.1, 0.15) is 5.75 Å². The van der Waals surface area contributed by atoms with Gasteiger partial charge in [0.25, 0.3) is 0 Å². The van der Waals surface area contributed by atoms with Crippen molar-refractivity contribution < 1.29 is 4.74 Å². The summed E-state index contributed by atoms with van der Waals surface area (Å²) in [7, 11) is 0. The molecule has 0 unspecified atom stereocenters. The third-order valence-corrected chi connectivity index (χ3v) is 4.20. The van der Waals surface area contributed by atoms with E-state index < -0.39 is 0 Å². The van der Waals surface area contributed by atoms with Crippen molar-refractivity contribution in [2.75, 3.05) is 0 Å². The minimum atomic E-state index is 0.405. The molecule has 1 N–H and O–H groups in total. The fourth-order valence-electron chi connectivity index (χ4n) is 2.70. The molecule has 104 valence electrons. The maximum Gasteiger partial charge on any atom is 0.123 e. The number of nitrogens with zero attached hydrogens (tertiary/aromatic N) is 1. The van der Waals surface area contributed by atoms with E-state index in [2.05, 4.69) is 23.3 Å². The Morgan fingerprint density at radius 3 is 2.74 bits per heavy atom. The fraction of sp³-hybridized carbons (Fsp3) is 0.688. The van der Waals surface area contributed by atoms with E-state index in [4.69, 9.17) is 4.74 Å². The predicted molar refractivity (Wildman–Crippen MR) is 76.1 cm³/mol. The molecular weight excluding hydrogens is 236 g/mol. The van der Waals surface area contributed by atoms with Crippen LogP contribution in [0.1, 0.15) is 51.1 Å². The first-order valence-corrected chi connectivity index (χ1v) is 7.64. The molecule has 1 heterocycles. The smallest absolute Gasteiger partial charge is 0.123 e. The van der Waals surface area contributed by atoms with Gasteiger partial charge in [-0.3, -0.25) is 4.98 Å². The number of nitrogens with one attached hydrogen (secondary N) is 1. The van der Waals surface area contributed by atoms with Crippen molar-refractivity contribution in [2.24, 2.45) is 5.92 Å². The molecule has 2 saturated carbocycles. The third kappa shape index (κ3) is 3.93. The summed E-state index contributed by atoms with van der Waals surface area (Å²) in [5, 5.41) is 3.49. The van der Waals surface area contributed by atoms with Crippen LogP contribution in [0.3, 0.4) is 0 Å². The van der Waals surface area contributed by atoms with E-state index in [1.807, 2.05) is 12.3 Å². The summed E-state index contributed by atoms with van der Waals surface area (Å²) < 4.78 is 6.10. The summed E-state index contributed by atoms with van der Waals surface area (Å²) in [6.45, 7) is 3.20. The second-order valence-corrected chi connectivity index (χ2v) is 6.14. The van der Waals surface area contributed by atoms with Crippen LogP contribution in [0.2, 0.25) is 0 Å². The SMILES string of the molecule is CC1CCC(Oc2ccnc(CNC3CC3)c2)CC1. The highest BCUT2D eigenvalue weighted by molar-refractivity contribution is 5.23. The van der Waals surface area contributed by atoms with Gasteiger partial charge >= 0.3 is 0 Å². The van der Waals surface area contributed by atoms with Crippen LogP contribution in [0.25, 0.3) is 0 Å². The molecule has 3 heteroatoms. The highest BCUT2D eigenvalue weighted by atomic mass is 16.5. The fourth-order valence-corrected chi connectivity index (χ4v) is 2.70. The van der Waals surface area contributed by atoms with E-state index in [0.717, 1.165) is 29.9 Å². The zero-order valence-electron chi connectivity index (χ0n) is 11.8. The van der Waals surface area contributed by atoms with Gasteiger partial charge < -0.3 is 10.1 Å². The van der Waals surface area contributed by atoms with Gasteiger partial charge in [-0.05, 0) is 50.5 Å². The largest absolute Gasteiger partial charge is 0.490 e. The Kier molecular flexibility index (Phi) is 4.02. The van der Waals surface area contributed by atoms with E-state index in [1.54, 1.807) is 0 Å². The molecular formula is C16H24N2O. The molecule has 0 amide bonds. The lowest BCUT2D eigenvalue weighted by molar-refractivity contribution is 0.135. The van der Waals surface area contributed by atoms with E-state index in [1.165, 1.54) is 38.5 Å². The highest BCUT2D eigenvalue weighted by Gasteiger charge is 2.21. The molecule has 1 aromatic rings. The second-order valence-electron chi connectivity index (χ2n) is 6.14. The molecule has 0 aromatic carbocycles. The van der Waals surface area contributed by atoms with Crippen LogP contribution in [0.15, 0.2) is 18.3 Å². The molecule has 19 heavy (non-hydrogen) atoms. The molecule has 0 aliphatic heterocycles. The van der Waals surface area contributed by atoms with E-state index in [-0.39, 0.29) is 0 Å². The van der Waals surface area contributed by atoms with Gasteiger partial charge in [0, 0.05) is 24.8 Å². The number of ether oxygens (including phenoxy) is 1. The maximum atomic E-state index is 6.10. The van der Waals surface area contributed by atoms with Crippen LogP contribution in [-0.4, -0.2) is 17.1 Å². The van der Waals surface area contributed by atoms with E-state index in [9.17, 15) is 0 Å². The molecule has 1 aromatic heterocycles. The van der Waals surface area contributed by atoms with Crippen LogP contribution < -0.4 is 10.1 Å². The second kappa shape index (κ2) is 5.91. The average Bonchev–Trinajstić information content (AvgIpc) is 3.24. The summed E-state index contributed by atoms with van der Waals surface area (Å²) in [6, 6.07) is 4.80. The van der Waals surface area contributed by atoms with Gasteiger partial charge in [0.15, 0.2) is 0 Å². The summed E-state index contributed by atoms with van der Waals surface area (Å²) in [6.07, 6.45) is 9.89. The first-order valence-electron chi connectivity index (χ1n) is 7.64. The minimum absolute atomic E-state index is 0.405. The summed E-state index contributed by atoms with van der Waals surface area (Å²) >= 11 is 0. The van der Waals surface area contributed by atoms with Crippen molar-refractivity contribution in [3.8, 4) is 5.75 Å². The van der Waals surface area contributed by atoms with E-state index in [0.29, 0.717) is 6.10 Å². The van der Waals surface area contributed by atoms with Crippen LogP contribution >= 0.6 is 0 Å². The van der Waals surface area contributed by atoms with Crippen LogP contribution in [0.4, 0.5) is 0 Å². The third-order valence-electron chi connectivity index (χ3n) is 4.20. The van der Waals surface area contributed by atoms with E-state index >= 15 is 0 Å². The van der Waals surface area contributed by atoms with Gasteiger partial charge in [-0.2, -0.15) is 0 Å². The summed E-state index contributed by atoms with van der Waals surface area (Å²) in [5.74, 6) is 1.86. The van der Waals surface area contributed by atoms with Crippen molar-refractivity contribution in [3.63, 3.8) is 0 Å². The molecule has 0 saturated heterocycles. The Labute approximate surface area is 115 Å². The maximum absolute atomic E-state index is 6.10. The Balaban J connectivity index is 1.53. The molecule has 0 bridgehead atoms. The molecule has 3 nitrogen and oxygen atoms in total. The average molecular weight is 260 g/mol. The van der Waals surface area contributed by atoms with Crippen molar-refractivity contribution in [3.05, 3.63) is 24.0 Å². The zero-order chi connectivity index (χ0) is 13.1. The van der Waals surface area contributed by atoms with Gasteiger partial charge in [-0.25, -0.2) is 0 Å². The Morgan fingerprint density at radius 2 is 2.00 bits per heavy atom. The normalized spacial score (nSPS) is 27.2. The highest BCUT2D eigenvalue weighted by Crippen LogP contribution is 2.27. The van der Waals surface area contributed by atoms with Gasteiger partial charge in [0.05, 0.1) is 11.8 Å². The van der Waals surface area contributed by atoms with Crippen LogP contribution in [-0.2, 0) is 6.54 Å². The summed E-state index contributed by atoms with van der Waals surface area (Å²) in [5.41, 5.74) is 1.09. The summed E-state index contributed by atoms with van der Waals surface area (Å²) in [4.78, 5) is 4.40. The zero-order valence-corrected chi connectivity index (χ0v) is 11.8. The number of rotatable bonds is 5. The molecule has 2 fully saturated rings. The minimum Gasteiger partial charge on any atom is -0.490 e. The Bertz CT molecular complexity index is 409. The standard InChI is InChI=1S/C16H24N2O/c1-12-2-6-15(7-3-12)19-16-8-9-17-14(10-16)11-18-13-4-5-13/h8-10,12-13,15,18H,2-7,11H2,1H3. The number of hydrogen-bond donors (Lipinski definition) is 1. The molecule has 0 spiro atoms. The Morgan fingerprint density at radius 1 is 1.21 bits per heavy atom. The monoisotopic (exact) mass is 260 g/mol. The van der Waals surface area contributed by atoms with Crippen molar-refractivity contribution in [1.29, 1.82) is 0 Å².